The lowest BCUT2D eigenvalue weighted by Gasteiger charge is -2.14. The van der Waals surface area contributed by atoms with Crippen molar-refractivity contribution in [3.05, 3.63) is 35.4 Å². The van der Waals surface area contributed by atoms with Crippen LogP contribution in [0.1, 0.15) is 40.0 Å². The number of amides is 4. The van der Waals surface area contributed by atoms with Gasteiger partial charge in [-0.2, -0.15) is 0 Å². The Kier molecular flexibility index (Phi) is 4.83. The summed E-state index contributed by atoms with van der Waals surface area (Å²) in [6.45, 7) is 1.36. The molecule has 0 aliphatic carbocycles. The number of imide groups is 1. The minimum absolute atomic E-state index is 0.102. The fraction of sp³-hybridized carbons (Fsp3) is 0.444. The third-order valence-corrected chi connectivity index (χ3v) is 4.67. The summed E-state index contributed by atoms with van der Waals surface area (Å²) < 4.78 is 0. The molecule has 0 aromatic heterocycles. The first-order valence-corrected chi connectivity index (χ1v) is 8.43. The van der Waals surface area contributed by atoms with Gasteiger partial charge in [-0.3, -0.25) is 24.1 Å². The van der Waals surface area contributed by atoms with E-state index in [-0.39, 0.29) is 42.5 Å². The van der Waals surface area contributed by atoms with Crippen LogP contribution in [0.2, 0.25) is 0 Å². The molecule has 4 amide bonds. The Labute approximate surface area is 146 Å². The molecule has 2 heterocycles. The number of rotatable bonds is 6. The lowest BCUT2D eigenvalue weighted by Crippen LogP contribution is -2.33. The molecule has 1 aromatic rings. The molecule has 1 N–H and O–H groups in total. The quantitative estimate of drug-likeness (QED) is 0.769. The van der Waals surface area contributed by atoms with Gasteiger partial charge in [-0.05, 0) is 18.6 Å². The van der Waals surface area contributed by atoms with Crippen LogP contribution in [0, 0.1) is 5.92 Å². The molecule has 1 fully saturated rings. The Morgan fingerprint density at radius 2 is 1.80 bits per heavy atom. The van der Waals surface area contributed by atoms with Gasteiger partial charge in [-0.25, -0.2) is 0 Å². The second-order valence-electron chi connectivity index (χ2n) is 6.56. The van der Waals surface area contributed by atoms with Crippen molar-refractivity contribution in [3.63, 3.8) is 0 Å². The summed E-state index contributed by atoms with van der Waals surface area (Å²) in [7, 11) is 1.76. The predicted octanol–water partition coefficient (Wildman–Crippen LogP) is 0.657. The summed E-state index contributed by atoms with van der Waals surface area (Å²) in [4.78, 5) is 50.7. The van der Waals surface area contributed by atoms with Crippen LogP contribution in [-0.2, 0) is 9.59 Å². The number of hydrogen-bond donors (Lipinski definition) is 1. The lowest BCUT2D eigenvalue weighted by atomic mass is 10.1. The summed E-state index contributed by atoms with van der Waals surface area (Å²) in [6, 6.07) is 6.74. The van der Waals surface area contributed by atoms with Crippen molar-refractivity contribution in [2.24, 2.45) is 5.92 Å². The molecular formula is C18H21N3O4. The number of likely N-dealkylation sites (tertiary alicyclic amines) is 1. The van der Waals surface area contributed by atoms with Crippen molar-refractivity contribution in [3.8, 4) is 0 Å². The fourth-order valence-electron chi connectivity index (χ4n) is 3.28. The first kappa shape index (κ1) is 17.1. The van der Waals surface area contributed by atoms with Crippen LogP contribution in [0.5, 0.6) is 0 Å². The zero-order chi connectivity index (χ0) is 18.0. The topological polar surface area (TPSA) is 86.8 Å². The van der Waals surface area contributed by atoms with E-state index >= 15 is 0 Å². The Balaban J connectivity index is 1.41. The summed E-state index contributed by atoms with van der Waals surface area (Å²) in [5.41, 5.74) is 0.846. The van der Waals surface area contributed by atoms with Crippen LogP contribution in [0.4, 0.5) is 0 Å². The van der Waals surface area contributed by atoms with E-state index < -0.39 is 0 Å². The molecule has 132 valence electrons. The third kappa shape index (κ3) is 3.55. The number of benzene rings is 1. The number of nitrogens with zero attached hydrogens (tertiary/aromatic N) is 2. The van der Waals surface area contributed by atoms with Crippen LogP contribution in [-0.4, -0.2) is 60.1 Å². The van der Waals surface area contributed by atoms with Crippen molar-refractivity contribution in [1.82, 2.24) is 15.1 Å². The third-order valence-electron chi connectivity index (χ3n) is 4.67. The SMILES string of the molecule is CN1CC(CNC(=O)CCCN2C(=O)c3ccccc3C2=O)CC1=O. The molecule has 1 unspecified atom stereocenters. The van der Waals surface area contributed by atoms with Crippen molar-refractivity contribution >= 4 is 23.6 Å². The molecule has 1 saturated heterocycles. The van der Waals surface area contributed by atoms with Crippen LogP contribution in [0.15, 0.2) is 24.3 Å². The van der Waals surface area contributed by atoms with Crippen molar-refractivity contribution in [1.29, 1.82) is 0 Å². The smallest absolute Gasteiger partial charge is 0.261 e. The molecule has 3 rings (SSSR count). The standard InChI is InChI=1S/C18H21N3O4/c1-20-11-12(9-16(20)23)10-19-15(22)7-4-8-21-17(24)13-5-2-3-6-14(13)18(21)25/h2-3,5-6,12H,4,7-11H2,1H3,(H,19,22). The molecule has 2 aliphatic heterocycles. The van der Waals surface area contributed by atoms with Gasteiger partial charge >= 0.3 is 0 Å². The highest BCUT2D eigenvalue weighted by Gasteiger charge is 2.34. The number of nitrogens with one attached hydrogen (secondary N) is 1. The van der Waals surface area contributed by atoms with E-state index in [1.165, 1.54) is 4.90 Å². The van der Waals surface area contributed by atoms with Crippen molar-refractivity contribution < 1.29 is 19.2 Å². The molecule has 7 nitrogen and oxygen atoms in total. The van der Waals surface area contributed by atoms with Crippen LogP contribution in [0.25, 0.3) is 0 Å². The zero-order valence-electron chi connectivity index (χ0n) is 14.2. The van der Waals surface area contributed by atoms with E-state index in [1.807, 2.05) is 0 Å². The highest BCUT2D eigenvalue weighted by atomic mass is 16.2. The average Bonchev–Trinajstić information content (AvgIpc) is 3.05. The number of hydrogen-bond acceptors (Lipinski definition) is 4. The molecule has 0 saturated carbocycles. The summed E-state index contributed by atoms with van der Waals surface area (Å²) in [5.74, 6) is -0.469. The minimum Gasteiger partial charge on any atom is -0.356 e. The highest BCUT2D eigenvalue weighted by molar-refractivity contribution is 6.21. The summed E-state index contributed by atoms with van der Waals surface area (Å²) in [6.07, 6.45) is 1.12. The first-order valence-electron chi connectivity index (χ1n) is 8.43. The van der Waals surface area contributed by atoms with Crippen LogP contribution in [0.3, 0.4) is 0 Å². The first-order chi connectivity index (χ1) is 12.0. The Hall–Kier alpha value is -2.70. The van der Waals surface area contributed by atoms with Crippen molar-refractivity contribution in [2.75, 3.05) is 26.7 Å². The molecule has 1 aromatic carbocycles. The van der Waals surface area contributed by atoms with Gasteiger partial charge in [-0.1, -0.05) is 12.1 Å². The number of carbonyl (C=O) groups excluding carboxylic acids is 4. The Morgan fingerprint density at radius 1 is 1.16 bits per heavy atom. The second kappa shape index (κ2) is 7.04. The maximum Gasteiger partial charge on any atom is 0.261 e. The van der Waals surface area contributed by atoms with Gasteiger partial charge in [0.25, 0.3) is 11.8 Å². The zero-order valence-corrected chi connectivity index (χ0v) is 14.2. The Bertz CT molecular complexity index is 696. The maximum atomic E-state index is 12.2. The van der Waals surface area contributed by atoms with E-state index in [2.05, 4.69) is 5.32 Å². The van der Waals surface area contributed by atoms with Gasteiger partial charge < -0.3 is 10.2 Å². The van der Waals surface area contributed by atoms with Gasteiger partial charge in [0.2, 0.25) is 11.8 Å². The summed E-state index contributed by atoms with van der Waals surface area (Å²) in [5, 5.41) is 2.82. The average molecular weight is 343 g/mol. The number of carbonyl (C=O) groups is 4. The molecule has 0 bridgehead atoms. The summed E-state index contributed by atoms with van der Waals surface area (Å²) >= 11 is 0. The van der Waals surface area contributed by atoms with E-state index in [9.17, 15) is 19.2 Å². The minimum atomic E-state index is -0.298. The van der Waals surface area contributed by atoms with Crippen LogP contribution >= 0.6 is 0 Å². The van der Waals surface area contributed by atoms with Gasteiger partial charge in [0.05, 0.1) is 11.1 Å². The van der Waals surface area contributed by atoms with E-state index in [4.69, 9.17) is 0 Å². The van der Waals surface area contributed by atoms with Gasteiger partial charge in [0, 0.05) is 45.4 Å². The molecule has 2 aliphatic rings. The van der Waals surface area contributed by atoms with E-state index in [0.29, 0.717) is 37.1 Å². The van der Waals surface area contributed by atoms with Crippen molar-refractivity contribution in [2.45, 2.75) is 19.3 Å². The maximum absolute atomic E-state index is 12.2. The largest absolute Gasteiger partial charge is 0.356 e. The van der Waals surface area contributed by atoms with Gasteiger partial charge in [-0.15, -0.1) is 0 Å². The second-order valence-corrected chi connectivity index (χ2v) is 6.56. The molecule has 1 atom stereocenters. The molecular weight excluding hydrogens is 322 g/mol. The van der Waals surface area contributed by atoms with E-state index in [0.717, 1.165) is 0 Å². The lowest BCUT2D eigenvalue weighted by molar-refractivity contribution is -0.126. The van der Waals surface area contributed by atoms with E-state index in [1.54, 1.807) is 36.2 Å². The van der Waals surface area contributed by atoms with Gasteiger partial charge in [0.1, 0.15) is 0 Å². The number of fused-ring (bicyclic) bond motifs is 1. The molecule has 0 radical (unpaired) electrons. The highest BCUT2D eigenvalue weighted by Crippen LogP contribution is 2.22. The Morgan fingerprint density at radius 3 is 2.36 bits per heavy atom. The normalized spacial score (nSPS) is 19.6. The van der Waals surface area contributed by atoms with Gasteiger partial charge in [0.15, 0.2) is 0 Å². The fourth-order valence-corrected chi connectivity index (χ4v) is 3.28. The predicted molar refractivity (Wildman–Crippen MR) is 89.8 cm³/mol. The monoisotopic (exact) mass is 343 g/mol. The molecule has 0 spiro atoms. The van der Waals surface area contributed by atoms with Crippen LogP contribution < -0.4 is 5.32 Å². The molecule has 7 heteroatoms. The molecule has 25 heavy (non-hydrogen) atoms.